The lowest BCUT2D eigenvalue weighted by Gasteiger charge is -2.28. The van der Waals surface area contributed by atoms with Crippen molar-refractivity contribution in [1.29, 1.82) is 0 Å². The third-order valence-electron chi connectivity index (χ3n) is 3.87. The van der Waals surface area contributed by atoms with E-state index in [4.69, 9.17) is 9.47 Å². The minimum absolute atomic E-state index is 0.261. The molecule has 120 valence electrons. The lowest BCUT2D eigenvalue weighted by molar-refractivity contribution is 0.137. The number of para-hydroxylation sites is 2. The normalized spacial score (nSPS) is 13.0. The van der Waals surface area contributed by atoms with Crippen molar-refractivity contribution in [3.8, 4) is 11.5 Å². The number of carbonyl (C=O) groups excluding carboxylic acids is 1. The van der Waals surface area contributed by atoms with Crippen LogP contribution in [0.1, 0.15) is 37.4 Å². The van der Waals surface area contributed by atoms with Crippen LogP contribution in [0.2, 0.25) is 0 Å². The van der Waals surface area contributed by atoms with Gasteiger partial charge in [0.2, 0.25) is 0 Å². The Kier molecular flexibility index (Phi) is 4.51. The van der Waals surface area contributed by atoms with Crippen molar-refractivity contribution in [2.24, 2.45) is 5.92 Å². The Balaban J connectivity index is 1.80. The zero-order valence-electron chi connectivity index (χ0n) is 13.4. The molecule has 0 saturated heterocycles. The summed E-state index contributed by atoms with van der Waals surface area (Å²) in [6.07, 6.45) is 0.455. The fraction of sp³-hybridized carbons (Fsp3) is 0.316. The van der Waals surface area contributed by atoms with E-state index in [0.717, 1.165) is 29.0 Å². The van der Waals surface area contributed by atoms with Crippen molar-refractivity contribution in [3.05, 3.63) is 59.7 Å². The topological polar surface area (TPSA) is 47.6 Å². The maximum atomic E-state index is 12.1. The van der Waals surface area contributed by atoms with Gasteiger partial charge in [-0.05, 0) is 24.5 Å². The van der Waals surface area contributed by atoms with Crippen LogP contribution in [-0.4, -0.2) is 12.7 Å². The van der Waals surface area contributed by atoms with Gasteiger partial charge in [-0.25, -0.2) is 4.79 Å². The van der Waals surface area contributed by atoms with E-state index in [1.807, 2.05) is 48.5 Å². The van der Waals surface area contributed by atoms with Gasteiger partial charge in [-0.3, -0.25) is 0 Å². The summed E-state index contributed by atoms with van der Waals surface area (Å²) in [4.78, 5) is 12.1. The molecular weight excluding hydrogens is 290 g/mol. The van der Waals surface area contributed by atoms with Crippen LogP contribution < -0.4 is 10.1 Å². The number of nitrogens with one attached hydrogen (secondary N) is 1. The second-order valence-corrected chi connectivity index (χ2v) is 6.07. The SMILES string of the molecule is CC(C)CCOC(=O)NC1c2ccccc2Oc2ccccc21. The van der Waals surface area contributed by atoms with Crippen molar-refractivity contribution >= 4 is 6.09 Å². The Morgan fingerprint density at radius 3 is 2.22 bits per heavy atom. The van der Waals surface area contributed by atoms with Crippen LogP contribution in [0.5, 0.6) is 11.5 Å². The smallest absolute Gasteiger partial charge is 0.407 e. The maximum Gasteiger partial charge on any atom is 0.407 e. The monoisotopic (exact) mass is 311 g/mol. The summed E-state index contributed by atoms with van der Waals surface area (Å²) in [6.45, 7) is 4.63. The Bertz CT molecular complexity index is 651. The first-order valence-electron chi connectivity index (χ1n) is 7.94. The zero-order valence-corrected chi connectivity index (χ0v) is 13.4. The van der Waals surface area contributed by atoms with Gasteiger partial charge in [-0.1, -0.05) is 50.2 Å². The predicted molar refractivity (Wildman–Crippen MR) is 88.7 cm³/mol. The van der Waals surface area contributed by atoms with Crippen LogP contribution in [0.4, 0.5) is 4.79 Å². The summed E-state index contributed by atoms with van der Waals surface area (Å²) < 4.78 is 11.2. The molecule has 0 bridgehead atoms. The van der Waals surface area contributed by atoms with E-state index in [2.05, 4.69) is 19.2 Å². The third kappa shape index (κ3) is 3.47. The minimum atomic E-state index is -0.401. The van der Waals surface area contributed by atoms with Crippen molar-refractivity contribution in [3.63, 3.8) is 0 Å². The lowest BCUT2D eigenvalue weighted by Crippen LogP contribution is -2.32. The van der Waals surface area contributed by atoms with Gasteiger partial charge < -0.3 is 14.8 Å². The number of amides is 1. The molecule has 1 N–H and O–H groups in total. The van der Waals surface area contributed by atoms with Gasteiger partial charge in [0.25, 0.3) is 0 Å². The number of hydrogen-bond donors (Lipinski definition) is 1. The molecule has 3 rings (SSSR count). The Morgan fingerprint density at radius 1 is 1.09 bits per heavy atom. The zero-order chi connectivity index (χ0) is 16.2. The molecule has 0 aromatic heterocycles. The first kappa shape index (κ1) is 15.4. The van der Waals surface area contributed by atoms with Crippen LogP contribution in [0.15, 0.2) is 48.5 Å². The van der Waals surface area contributed by atoms with Crippen molar-refractivity contribution in [2.75, 3.05) is 6.61 Å². The first-order valence-corrected chi connectivity index (χ1v) is 7.94. The van der Waals surface area contributed by atoms with Crippen LogP contribution in [0.25, 0.3) is 0 Å². The molecule has 1 amide bonds. The molecule has 0 fully saturated rings. The van der Waals surface area contributed by atoms with Crippen molar-refractivity contribution < 1.29 is 14.3 Å². The highest BCUT2D eigenvalue weighted by atomic mass is 16.5. The second kappa shape index (κ2) is 6.73. The van der Waals surface area contributed by atoms with Gasteiger partial charge in [-0.15, -0.1) is 0 Å². The van der Waals surface area contributed by atoms with Crippen LogP contribution in [0.3, 0.4) is 0 Å². The van der Waals surface area contributed by atoms with E-state index >= 15 is 0 Å². The summed E-state index contributed by atoms with van der Waals surface area (Å²) in [6, 6.07) is 15.2. The van der Waals surface area contributed by atoms with Gasteiger partial charge >= 0.3 is 6.09 Å². The molecule has 1 aliphatic rings. The highest BCUT2D eigenvalue weighted by Crippen LogP contribution is 2.42. The molecule has 0 aliphatic carbocycles. The number of fused-ring (bicyclic) bond motifs is 2. The van der Waals surface area contributed by atoms with Gasteiger partial charge in [0.15, 0.2) is 0 Å². The molecule has 0 spiro atoms. The molecule has 2 aromatic rings. The molecular formula is C19H21NO3. The number of benzene rings is 2. The fourth-order valence-corrected chi connectivity index (χ4v) is 2.61. The number of carbonyl (C=O) groups is 1. The molecule has 0 saturated carbocycles. The molecule has 0 radical (unpaired) electrons. The van der Waals surface area contributed by atoms with Crippen molar-refractivity contribution in [1.82, 2.24) is 5.32 Å². The van der Waals surface area contributed by atoms with E-state index in [1.54, 1.807) is 0 Å². The number of alkyl carbamates (subject to hydrolysis) is 1. The van der Waals surface area contributed by atoms with Gasteiger partial charge in [0.1, 0.15) is 11.5 Å². The van der Waals surface area contributed by atoms with E-state index in [1.165, 1.54) is 0 Å². The molecule has 4 nitrogen and oxygen atoms in total. The summed E-state index contributed by atoms with van der Waals surface area (Å²) in [5.41, 5.74) is 1.87. The molecule has 4 heteroatoms. The quantitative estimate of drug-likeness (QED) is 0.893. The van der Waals surface area contributed by atoms with E-state index < -0.39 is 6.09 Å². The summed E-state index contributed by atoms with van der Waals surface area (Å²) in [5, 5.41) is 2.96. The van der Waals surface area contributed by atoms with E-state index in [0.29, 0.717) is 12.5 Å². The Morgan fingerprint density at radius 2 is 1.65 bits per heavy atom. The Labute approximate surface area is 136 Å². The molecule has 2 aromatic carbocycles. The molecule has 1 aliphatic heterocycles. The summed E-state index contributed by atoms with van der Waals surface area (Å²) in [5.74, 6) is 2.03. The van der Waals surface area contributed by atoms with E-state index in [-0.39, 0.29) is 6.04 Å². The van der Waals surface area contributed by atoms with E-state index in [9.17, 15) is 4.79 Å². The molecule has 0 atom stereocenters. The predicted octanol–water partition coefficient (Wildman–Crippen LogP) is 4.65. The second-order valence-electron chi connectivity index (χ2n) is 6.07. The minimum Gasteiger partial charge on any atom is -0.457 e. The maximum absolute atomic E-state index is 12.1. The number of rotatable bonds is 4. The highest BCUT2D eigenvalue weighted by molar-refractivity contribution is 5.70. The van der Waals surface area contributed by atoms with Crippen LogP contribution >= 0.6 is 0 Å². The first-order chi connectivity index (χ1) is 11.1. The fourth-order valence-electron chi connectivity index (χ4n) is 2.61. The molecule has 1 heterocycles. The highest BCUT2D eigenvalue weighted by Gasteiger charge is 2.28. The standard InChI is InChI=1S/C19H21NO3/c1-13(2)11-12-22-19(21)20-18-14-7-3-5-9-16(14)23-17-10-6-4-8-15(17)18/h3-10,13,18H,11-12H2,1-2H3,(H,20,21). The van der Waals surface area contributed by atoms with Crippen LogP contribution in [-0.2, 0) is 4.74 Å². The molecule has 0 unspecified atom stereocenters. The van der Waals surface area contributed by atoms with Crippen molar-refractivity contribution in [2.45, 2.75) is 26.3 Å². The van der Waals surface area contributed by atoms with Gasteiger partial charge in [0.05, 0.1) is 12.6 Å². The number of ether oxygens (including phenoxy) is 2. The van der Waals surface area contributed by atoms with Gasteiger partial charge in [-0.2, -0.15) is 0 Å². The average molecular weight is 311 g/mol. The third-order valence-corrected chi connectivity index (χ3v) is 3.87. The summed E-state index contributed by atoms with van der Waals surface area (Å²) in [7, 11) is 0. The Hall–Kier alpha value is -2.49. The largest absolute Gasteiger partial charge is 0.457 e. The number of hydrogen-bond acceptors (Lipinski definition) is 3. The molecule has 23 heavy (non-hydrogen) atoms. The average Bonchev–Trinajstić information content (AvgIpc) is 2.54. The lowest BCUT2D eigenvalue weighted by atomic mass is 9.95. The van der Waals surface area contributed by atoms with Gasteiger partial charge in [0, 0.05) is 11.1 Å². The van der Waals surface area contributed by atoms with Crippen LogP contribution in [0, 0.1) is 5.92 Å². The summed E-state index contributed by atoms with van der Waals surface area (Å²) >= 11 is 0.